The molecule has 1 aromatic carbocycles. The van der Waals surface area contributed by atoms with Gasteiger partial charge in [0.1, 0.15) is 0 Å². The highest BCUT2D eigenvalue weighted by Gasteiger charge is 2.51. The van der Waals surface area contributed by atoms with Crippen LogP contribution in [-0.2, 0) is 6.18 Å². The first-order chi connectivity index (χ1) is 10.5. The van der Waals surface area contributed by atoms with Gasteiger partial charge in [-0.1, -0.05) is 18.2 Å². The van der Waals surface area contributed by atoms with Crippen LogP contribution >= 0.6 is 0 Å². The average Bonchev–Trinajstić information content (AvgIpc) is 2.84. The van der Waals surface area contributed by atoms with Crippen molar-refractivity contribution in [3.8, 4) is 0 Å². The van der Waals surface area contributed by atoms with Gasteiger partial charge in [-0.25, -0.2) is 0 Å². The number of hydrogen-bond donors (Lipinski definition) is 1. The van der Waals surface area contributed by atoms with Crippen LogP contribution in [0.4, 0.5) is 13.2 Å². The number of alkyl halides is 3. The Balaban J connectivity index is 1.45. The highest BCUT2D eigenvalue weighted by molar-refractivity contribution is 5.33. The molecule has 1 aromatic rings. The summed E-state index contributed by atoms with van der Waals surface area (Å²) in [6.07, 6.45) is -0.974. The van der Waals surface area contributed by atoms with Gasteiger partial charge in [-0.15, -0.1) is 0 Å². The summed E-state index contributed by atoms with van der Waals surface area (Å²) in [5.74, 6) is 0.0221. The van der Waals surface area contributed by atoms with Crippen molar-refractivity contribution in [2.24, 2.45) is 5.41 Å². The number of likely N-dealkylation sites (tertiary alicyclic amines) is 1. The second-order valence-corrected chi connectivity index (χ2v) is 7.23. The van der Waals surface area contributed by atoms with Crippen LogP contribution in [0.2, 0.25) is 0 Å². The Hall–Kier alpha value is -1.07. The maximum atomic E-state index is 13.2. The van der Waals surface area contributed by atoms with Crippen molar-refractivity contribution in [1.29, 1.82) is 0 Å². The first-order valence-corrected chi connectivity index (χ1v) is 8.08. The second kappa shape index (κ2) is 4.96. The Bertz CT molecular complexity index is 557. The van der Waals surface area contributed by atoms with Gasteiger partial charge in [-0.3, -0.25) is 4.90 Å². The third-order valence-corrected chi connectivity index (χ3v) is 5.78. The molecular weight excluding hydrogens is 289 g/mol. The zero-order valence-corrected chi connectivity index (χ0v) is 12.5. The monoisotopic (exact) mass is 310 g/mol. The smallest absolute Gasteiger partial charge is 0.316 e. The Morgan fingerprint density at radius 2 is 1.86 bits per heavy atom. The van der Waals surface area contributed by atoms with E-state index in [9.17, 15) is 13.2 Å². The molecule has 120 valence electrons. The van der Waals surface area contributed by atoms with Crippen molar-refractivity contribution in [2.75, 3.05) is 26.2 Å². The first kappa shape index (κ1) is 14.5. The van der Waals surface area contributed by atoms with E-state index in [0.717, 1.165) is 32.6 Å². The predicted octanol–water partition coefficient (Wildman–Crippen LogP) is 3.25. The van der Waals surface area contributed by atoms with Gasteiger partial charge in [0.25, 0.3) is 0 Å². The molecule has 22 heavy (non-hydrogen) atoms. The fraction of sp³-hybridized carbons (Fsp3) is 0.647. The van der Waals surface area contributed by atoms with E-state index in [0.29, 0.717) is 17.0 Å². The van der Waals surface area contributed by atoms with E-state index in [1.807, 2.05) is 0 Å². The molecule has 1 atom stereocenters. The van der Waals surface area contributed by atoms with Gasteiger partial charge in [-0.2, -0.15) is 13.2 Å². The van der Waals surface area contributed by atoms with Crippen LogP contribution in [-0.4, -0.2) is 37.1 Å². The highest BCUT2D eigenvalue weighted by Crippen LogP contribution is 2.48. The SMILES string of the molecule is FC(F)(F)c1ccccc1C1CCN(C2CC3(CNC3)C2)C1. The molecule has 1 aliphatic carbocycles. The summed E-state index contributed by atoms with van der Waals surface area (Å²) in [7, 11) is 0. The molecule has 2 heterocycles. The quantitative estimate of drug-likeness (QED) is 0.902. The van der Waals surface area contributed by atoms with Crippen LogP contribution in [0.1, 0.15) is 36.3 Å². The molecule has 5 heteroatoms. The Morgan fingerprint density at radius 3 is 2.50 bits per heavy atom. The van der Waals surface area contributed by atoms with Crippen molar-refractivity contribution >= 4 is 0 Å². The van der Waals surface area contributed by atoms with Crippen molar-refractivity contribution < 1.29 is 13.2 Å². The number of benzene rings is 1. The van der Waals surface area contributed by atoms with Crippen LogP contribution in [0, 0.1) is 5.41 Å². The molecule has 3 fully saturated rings. The summed E-state index contributed by atoms with van der Waals surface area (Å²) in [6, 6.07) is 6.68. The molecule has 2 nitrogen and oxygen atoms in total. The molecule has 2 saturated heterocycles. The summed E-state index contributed by atoms with van der Waals surface area (Å²) in [5, 5.41) is 3.33. The molecule has 0 bridgehead atoms. The van der Waals surface area contributed by atoms with Crippen LogP contribution in [0.3, 0.4) is 0 Å². The Morgan fingerprint density at radius 1 is 1.14 bits per heavy atom. The van der Waals surface area contributed by atoms with E-state index in [1.54, 1.807) is 12.1 Å². The minimum atomic E-state index is -4.25. The predicted molar refractivity (Wildman–Crippen MR) is 78.7 cm³/mol. The third-order valence-electron chi connectivity index (χ3n) is 5.78. The zero-order chi connectivity index (χ0) is 15.4. The molecule has 1 N–H and O–H groups in total. The molecule has 2 aliphatic heterocycles. The van der Waals surface area contributed by atoms with E-state index in [4.69, 9.17) is 0 Å². The van der Waals surface area contributed by atoms with Gasteiger partial charge in [-0.05, 0) is 48.8 Å². The summed E-state index contributed by atoms with van der Waals surface area (Å²) >= 11 is 0. The van der Waals surface area contributed by atoms with Crippen molar-refractivity contribution in [3.05, 3.63) is 35.4 Å². The Kier molecular flexibility index (Phi) is 3.28. The van der Waals surface area contributed by atoms with Gasteiger partial charge in [0.15, 0.2) is 0 Å². The molecular formula is C17H21F3N2. The molecule has 0 amide bonds. The lowest BCUT2D eigenvalue weighted by atomic mass is 9.61. The molecule has 4 rings (SSSR count). The lowest BCUT2D eigenvalue weighted by molar-refractivity contribution is -0.138. The van der Waals surface area contributed by atoms with Gasteiger partial charge in [0.2, 0.25) is 0 Å². The number of hydrogen-bond acceptors (Lipinski definition) is 2. The van der Waals surface area contributed by atoms with E-state index < -0.39 is 11.7 Å². The number of nitrogens with zero attached hydrogens (tertiary/aromatic N) is 1. The standard InChI is InChI=1S/C17H21F3N2/c18-17(19,20)15-4-2-1-3-14(15)12-5-6-22(9-12)13-7-16(8-13)10-21-11-16/h1-4,12-13,21H,5-11H2. The second-order valence-electron chi connectivity index (χ2n) is 7.23. The number of halogens is 3. The number of nitrogens with one attached hydrogen (secondary N) is 1. The molecule has 3 aliphatic rings. The summed E-state index contributed by atoms with van der Waals surface area (Å²) in [5.41, 5.74) is 0.555. The largest absolute Gasteiger partial charge is 0.416 e. The van der Waals surface area contributed by atoms with Crippen LogP contribution in [0.25, 0.3) is 0 Å². The molecule has 1 saturated carbocycles. The molecule has 0 radical (unpaired) electrons. The summed E-state index contributed by atoms with van der Waals surface area (Å²) < 4.78 is 39.5. The van der Waals surface area contributed by atoms with Gasteiger partial charge in [0.05, 0.1) is 5.56 Å². The third kappa shape index (κ3) is 2.35. The maximum absolute atomic E-state index is 13.2. The highest BCUT2D eigenvalue weighted by atomic mass is 19.4. The summed E-state index contributed by atoms with van der Waals surface area (Å²) in [6.45, 7) is 3.96. The van der Waals surface area contributed by atoms with Crippen molar-refractivity contribution in [3.63, 3.8) is 0 Å². The van der Waals surface area contributed by atoms with Crippen molar-refractivity contribution in [1.82, 2.24) is 10.2 Å². The van der Waals surface area contributed by atoms with E-state index in [1.165, 1.54) is 25.0 Å². The van der Waals surface area contributed by atoms with Gasteiger partial charge in [0, 0.05) is 25.7 Å². The lowest BCUT2D eigenvalue weighted by Gasteiger charge is -2.56. The van der Waals surface area contributed by atoms with Crippen LogP contribution < -0.4 is 5.32 Å². The Labute approximate surface area is 128 Å². The molecule has 1 spiro atoms. The minimum absolute atomic E-state index is 0.0221. The van der Waals surface area contributed by atoms with E-state index in [-0.39, 0.29) is 5.92 Å². The fourth-order valence-corrected chi connectivity index (χ4v) is 4.45. The van der Waals surface area contributed by atoms with Gasteiger partial charge < -0.3 is 5.32 Å². The normalized spacial score (nSPS) is 28.6. The van der Waals surface area contributed by atoms with E-state index in [2.05, 4.69) is 10.2 Å². The van der Waals surface area contributed by atoms with Gasteiger partial charge >= 0.3 is 6.18 Å². The number of rotatable bonds is 2. The summed E-state index contributed by atoms with van der Waals surface area (Å²) in [4.78, 5) is 2.42. The maximum Gasteiger partial charge on any atom is 0.416 e. The minimum Gasteiger partial charge on any atom is -0.316 e. The first-order valence-electron chi connectivity index (χ1n) is 8.08. The molecule has 0 aromatic heterocycles. The van der Waals surface area contributed by atoms with Crippen molar-refractivity contribution in [2.45, 2.75) is 37.4 Å². The molecule has 1 unspecified atom stereocenters. The average molecular weight is 310 g/mol. The fourth-order valence-electron chi connectivity index (χ4n) is 4.45. The van der Waals surface area contributed by atoms with Crippen LogP contribution in [0.5, 0.6) is 0 Å². The zero-order valence-electron chi connectivity index (χ0n) is 12.5. The lowest BCUT2D eigenvalue weighted by Crippen LogP contribution is -2.64. The topological polar surface area (TPSA) is 15.3 Å². The van der Waals surface area contributed by atoms with Crippen LogP contribution in [0.15, 0.2) is 24.3 Å². The van der Waals surface area contributed by atoms with E-state index >= 15 is 0 Å².